The van der Waals surface area contributed by atoms with Crippen LogP contribution in [-0.4, -0.2) is 36.9 Å². The molecule has 1 saturated heterocycles. The number of fused-ring (bicyclic) bond motifs is 1. The van der Waals surface area contributed by atoms with E-state index in [-0.39, 0.29) is 17.1 Å². The zero-order valence-corrected chi connectivity index (χ0v) is 12.5. The minimum atomic E-state index is -0.0858. The van der Waals surface area contributed by atoms with Gasteiger partial charge in [0.05, 0.1) is 0 Å². The van der Waals surface area contributed by atoms with Crippen LogP contribution in [-0.2, 0) is 4.74 Å². The molecule has 3 aliphatic rings. The number of ketones is 2. The van der Waals surface area contributed by atoms with E-state index in [1.807, 2.05) is 12.1 Å². The van der Waals surface area contributed by atoms with Crippen LogP contribution < -0.4 is 5.32 Å². The van der Waals surface area contributed by atoms with E-state index in [0.717, 1.165) is 30.5 Å². The maximum absolute atomic E-state index is 12.9. The van der Waals surface area contributed by atoms with E-state index in [2.05, 4.69) is 5.32 Å². The molecule has 114 valence electrons. The van der Waals surface area contributed by atoms with Gasteiger partial charge in [0.1, 0.15) is 0 Å². The molecule has 4 nitrogen and oxygen atoms in total. The molecule has 2 aliphatic heterocycles. The first-order valence-electron chi connectivity index (χ1n) is 7.93. The van der Waals surface area contributed by atoms with Crippen LogP contribution in [0.1, 0.15) is 46.4 Å². The Labute approximate surface area is 129 Å². The Hall–Kier alpha value is -1.78. The van der Waals surface area contributed by atoms with Crippen LogP contribution in [0.2, 0.25) is 0 Å². The Bertz CT molecular complexity index is 683. The molecule has 0 amide bonds. The van der Waals surface area contributed by atoms with Gasteiger partial charge < -0.3 is 10.1 Å². The van der Waals surface area contributed by atoms with Gasteiger partial charge in [-0.15, -0.1) is 0 Å². The van der Waals surface area contributed by atoms with Gasteiger partial charge in [-0.2, -0.15) is 0 Å². The van der Waals surface area contributed by atoms with Crippen molar-refractivity contribution in [1.82, 2.24) is 5.32 Å². The Kier molecular flexibility index (Phi) is 3.24. The molecule has 1 spiro atoms. The topological polar surface area (TPSA) is 55.4 Å². The van der Waals surface area contributed by atoms with Crippen LogP contribution in [0.5, 0.6) is 0 Å². The van der Waals surface area contributed by atoms with Crippen molar-refractivity contribution < 1.29 is 14.3 Å². The molecule has 0 saturated carbocycles. The summed E-state index contributed by atoms with van der Waals surface area (Å²) < 4.78 is 5.47. The lowest BCUT2D eigenvalue weighted by atomic mass is 9.76. The minimum absolute atomic E-state index is 0.0381. The number of benzene rings is 1. The molecule has 0 bridgehead atoms. The normalized spacial score (nSPS) is 24.0. The van der Waals surface area contributed by atoms with Crippen molar-refractivity contribution >= 4 is 11.6 Å². The van der Waals surface area contributed by atoms with Crippen molar-refractivity contribution in [3.63, 3.8) is 0 Å². The number of nitrogens with one attached hydrogen (secondary N) is 1. The molecule has 0 atom stereocenters. The fourth-order valence-electron chi connectivity index (χ4n) is 3.90. The summed E-state index contributed by atoms with van der Waals surface area (Å²) in [4.78, 5) is 25.7. The summed E-state index contributed by atoms with van der Waals surface area (Å²) >= 11 is 0. The van der Waals surface area contributed by atoms with Crippen molar-refractivity contribution in [3.05, 3.63) is 46.5 Å². The van der Waals surface area contributed by atoms with Crippen molar-refractivity contribution in [1.29, 1.82) is 0 Å². The third kappa shape index (κ3) is 2.06. The van der Waals surface area contributed by atoms with E-state index in [0.29, 0.717) is 37.2 Å². The van der Waals surface area contributed by atoms with E-state index in [1.54, 1.807) is 12.1 Å². The SMILES string of the molecule is O=C1C2=C(CC3(CCOCC3)NCC2)C(=O)c2ccccc21. The highest BCUT2D eigenvalue weighted by Gasteiger charge is 2.41. The molecule has 2 heterocycles. The minimum Gasteiger partial charge on any atom is -0.381 e. The second-order valence-electron chi connectivity index (χ2n) is 6.41. The van der Waals surface area contributed by atoms with Crippen LogP contribution >= 0.6 is 0 Å². The van der Waals surface area contributed by atoms with Crippen molar-refractivity contribution in [3.8, 4) is 0 Å². The van der Waals surface area contributed by atoms with Crippen molar-refractivity contribution in [2.45, 2.75) is 31.2 Å². The molecule has 1 fully saturated rings. The number of hydrogen-bond donors (Lipinski definition) is 1. The zero-order chi connectivity index (χ0) is 15.2. The Balaban J connectivity index is 1.78. The smallest absolute Gasteiger partial charge is 0.190 e. The third-order valence-corrected chi connectivity index (χ3v) is 5.17. The molecule has 0 aromatic heterocycles. The van der Waals surface area contributed by atoms with Crippen LogP contribution in [0.4, 0.5) is 0 Å². The van der Waals surface area contributed by atoms with Crippen LogP contribution in [0.15, 0.2) is 35.4 Å². The highest BCUT2D eigenvalue weighted by atomic mass is 16.5. The molecule has 1 N–H and O–H groups in total. The number of carbonyl (C=O) groups excluding carboxylic acids is 2. The van der Waals surface area contributed by atoms with Gasteiger partial charge in [-0.1, -0.05) is 24.3 Å². The molecular formula is C18H19NO3. The van der Waals surface area contributed by atoms with Gasteiger partial charge in [0, 0.05) is 41.0 Å². The summed E-state index contributed by atoms with van der Waals surface area (Å²) in [5, 5.41) is 3.60. The Morgan fingerprint density at radius 3 is 2.27 bits per heavy atom. The van der Waals surface area contributed by atoms with Crippen LogP contribution in [0.25, 0.3) is 0 Å². The molecule has 1 aromatic carbocycles. The fraction of sp³-hybridized carbons (Fsp3) is 0.444. The lowest BCUT2D eigenvalue weighted by molar-refractivity contribution is 0.0389. The largest absolute Gasteiger partial charge is 0.381 e. The molecule has 4 rings (SSSR count). The summed E-state index contributed by atoms with van der Waals surface area (Å²) in [7, 11) is 0. The number of Topliss-reactive ketones (excluding diaryl/α,β-unsaturated/α-hetero) is 2. The van der Waals surface area contributed by atoms with E-state index >= 15 is 0 Å². The van der Waals surface area contributed by atoms with E-state index in [9.17, 15) is 9.59 Å². The van der Waals surface area contributed by atoms with E-state index in [4.69, 9.17) is 4.74 Å². The summed E-state index contributed by atoms with van der Waals surface area (Å²) in [6, 6.07) is 7.19. The second-order valence-corrected chi connectivity index (χ2v) is 6.41. The summed E-state index contributed by atoms with van der Waals surface area (Å²) in [5.41, 5.74) is 2.50. The van der Waals surface area contributed by atoms with Crippen molar-refractivity contribution in [2.75, 3.05) is 19.8 Å². The standard InChI is InChI=1S/C18H19NO3/c20-16-12-3-1-2-4-13(12)17(21)15-11-18(6-9-22-10-7-18)19-8-5-14(15)16/h1-4,19H,5-11H2. The van der Waals surface area contributed by atoms with Crippen molar-refractivity contribution in [2.24, 2.45) is 0 Å². The van der Waals surface area contributed by atoms with Gasteiger partial charge in [0.25, 0.3) is 0 Å². The van der Waals surface area contributed by atoms with Gasteiger partial charge in [-0.05, 0) is 32.2 Å². The number of carbonyl (C=O) groups is 2. The van der Waals surface area contributed by atoms with Gasteiger partial charge in [0.15, 0.2) is 11.6 Å². The highest BCUT2D eigenvalue weighted by Crippen LogP contribution is 2.37. The molecule has 22 heavy (non-hydrogen) atoms. The Morgan fingerprint density at radius 1 is 0.955 bits per heavy atom. The second kappa shape index (κ2) is 5.14. The monoisotopic (exact) mass is 297 g/mol. The van der Waals surface area contributed by atoms with Gasteiger partial charge in [-0.25, -0.2) is 0 Å². The molecule has 0 radical (unpaired) electrons. The molecular weight excluding hydrogens is 278 g/mol. The van der Waals surface area contributed by atoms with Gasteiger partial charge in [-0.3, -0.25) is 9.59 Å². The zero-order valence-electron chi connectivity index (χ0n) is 12.5. The third-order valence-electron chi connectivity index (χ3n) is 5.17. The fourth-order valence-corrected chi connectivity index (χ4v) is 3.90. The first kappa shape index (κ1) is 13.9. The average molecular weight is 297 g/mol. The lowest BCUT2D eigenvalue weighted by Gasteiger charge is -2.38. The number of rotatable bonds is 0. The maximum atomic E-state index is 12.9. The van der Waals surface area contributed by atoms with E-state index in [1.165, 1.54) is 0 Å². The summed E-state index contributed by atoms with van der Waals surface area (Å²) in [6.07, 6.45) is 3.07. The predicted octanol–water partition coefficient (Wildman–Crippen LogP) is 2.29. The summed E-state index contributed by atoms with van der Waals surface area (Å²) in [6.45, 7) is 2.18. The lowest BCUT2D eigenvalue weighted by Crippen LogP contribution is -2.49. The Morgan fingerprint density at radius 2 is 1.59 bits per heavy atom. The average Bonchev–Trinajstić information content (AvgIpc) is 2.74. The number of hydrogen-bond acceptors (Lipinski definition) is 4. The maximum Gasteiger partial charge on any atom is 0.190 e. The van der Waals surface area contributed by atoms with Gasteiger partial charge >= 0.3 is 0 Å². The van der Waals surface area contributed by atoms with Gasteiger partial charge in [0.2, 0.25) is 0 Å². The van der Waals surface area contributed by atoms with Crippen LogP contribution in [0, 0.1) is 0 Å². The quantitative estimate of drug-likeness (QED) is 0.798. The highest BCUT2D eigenvalue weighted by molar-refractivity contribution is 6.27. The van der Waals surface area contributed by atoms with Crippen LogP contribution in [0.3, 0.4) is 0 Å². The predicted molar refractivity (Wildman–Crippen MR) is 82.1 cm³/mol. The first-order chi connectivity index (χ1) is 10.7. The molecule has 1 aliphatic carbocycles. The molecule has 1 aromatic rings. The number of ether oxygens (including phenoxy) is 1. The van der Waals surface area contributed by atoms with E-state index < -0.39 is 0 Å². The molecule has 0 unspecified atom stereocenters. The molecule has 4 heteroatoms. The first-order valence-corrected chi connectivity index (χ1v) is 7.93. The summed E-state index contributed by atoms with van der Waals surface area (Å²) in [5.74, 6) is 0.0795.